The van der Waals surface area contributed by atoms with Gasteiger partial charge in [-0.15, -0.1) is 10.2 Å². The lowest BCUT2D eigenvalue weighted by atomic mass is 10.1. The molecule has 0 atom stereocenters. The molecule has 1 amide bonds. The average Bonchev–Trinajstić information content (AvgIpc) is 3.27. The molecule has 0 radical (unpaired) electrons. The van der Waals surface area contributed by atoms with E-state index in [2.05, 4.69) is 39.1 Å². The highest BCUT2D eigenvalue weighted by atomic mass is 16.4. The Balaban J connectivity index is 1.37. The molecule has 2 aromatic heterocycles. The first-order chi connectivity index (χ1) is 14.7. The summed E-state index contributed by atoms with van der Waals surface area (Å²) in [7, 11) is 0. The van der Waals surface area contributed by atoms with Crippen LogP contribution in [0, 0.1) is 0 Å². The Morgan fingerprint density at radius 1 is 1.00 bits per heavy atom. The number of rotatable bonds is 7. The number of aryl methyl sites for hydroxylation is 2. The Morgan fingerprint density at radius 2 is 1.80 bits per heavy atom. The monoisotopic (exact) mass is 405 g/mol. The van der Waals surface area contributed by atoms with Gasteiger partial charge in [-0.25, -0.2) is 4.98 Å². The molecular formula is C23H27N5O2. The van der Waals surface area contributed by atoms with Gasteiger partial charge in [-0.05, 0) is 30.5 Å². The molecule has 0 saturated carbocycles. The molecule has 0 bridgehead atoms. The third-order valence-corrected chi connectivity index (χ3v) is 5.35. The molecule has 0 aliphatic carbocycles. The third-order valence-electron chi connectivity index (χ3n) is 5.35. The number of amides is 1. The van der Waals surface area contributed by atoms with Gasteiger partial charge in [-0.1, -0.05) is 37.3 Å². The van der Waals surface area contributed by atoms with E-state index in [1.165, 1.54) is 5.56 Å². The Morgan fingerprint density at radius 3 is 2.57 bits per heavy atom. The standard InChI is InChI=1S/C23H27N5O2/c1-2-7-20-25-26-23(30-20)19-10-6-13-24-22(19)28-16-14-27(15-17-28)21(29)12-11-18-8-4-3-5-9-18/h3-6,8-10,13H,2,7,11-12,14-17H2,1H3. The van der Waals surface area contributed by atoms with Crippen LogP contribution in [0.2, 0.25) is 0 Å². The zero-order valence-electron chi connectivity index (χ0n) is 17.3. The van der Waals surface area contributed by atoms with E-state index in [1.807, 2.05) is 35.2 Å². The van der Waals surface area contributed by atoms with E-state index in [-0.39, 0.29) is 5.91 Å². The molecule has 1 aliphatic rings. The topological polar surface area (TPSA) is 75.4 Å². The van der Waals surface area contributed by atoms with Crippen molar-refractivity contribution in [3.8, 4) is 11.5 Å². The summed E-state index contributed by atoms with van der Waals surface area (Å²) in [5.74, 6) is 2.19. The van der Waals surface area contributed by atoms with Gasteiger partial charge in [0.2, 0.25) is 11.8 Å². The van der Waals surface area contributed by atoms with Gasteiger partial charge in [0.1, 0.15) is 5.82 Å². The van der Waals surface area contributed by atoms with E-state index in [9.17, 15) is 4.79 Å². The van der Waals surface area contributed by atoms with Crippen LogP contribution < -0.4 is 4.90 Å². The fourth-order valence-electron chi connectivity index (χ4n) is 3.71. The molecule has 3 heterocycles. The number of aromatic nitrogens is 3. The summed E-state index contributed by atoms with van der Waals surface area (Å²) in [5, 5.41) is 8.34. The molecule has 1 saturated heterocycles. The van der Waals surface area contributed by atoms with Crippen LogP contribution in [0.25, 0.3) is 11.5 Å². The summed E-state index contributed by atoms with van der Waals surface area (Å²) in [4.78, 5) is 21.3. The third kappa shape index (κ3) is 4.67. The van der Waals surface area contributed by atoms with Gasteiger partial charge in [0.15, 0.2) is 0 Å². The first-order valence-electron chi connectivity index (χ1n) is 10.6. The Labute approximate surface area is 176 Å². The molecule has 0 N–H and O–H groups in total. The van der Waals surface area contributed by atoms with Crippen LogP contribution in [-0.4, -0.2) is 52.2 Å². The van der Waals surface area contributed by atoms with Crippen molar-refractivity contribution in [1.29, 1.82) is 0 Å². The van der Waals surface area contributed by atoms with E-state index in [0.29, 0.717) is 31.3 Å². The normalized spacial score (nSPS) is 14.2. The molecule has 1 aromatic carbocycles. The van der Waals surface area contributed by atoms with Crippen LogP contribution in [0.5, 0.6) is 0 Å². The summed E-state index contributed by atoms with van der Waals surface area (Å²) in [6.07, 6.45) is 4.83. The van der Waals surface area contributed by atoms with Crippen molar-refractivity contribution in [3.63, 3.8) is 0 Å². The second kappa shape index (κ2) is 9.52. The largest absolute Gasteiger partial charge is 0.421 e. The highest BCUT2D eigenvalue weighted by molar-refractivity contribution is 5.77. The summed E-state index contributed by atoms with van der Waals surface area (Å²) in [6.45, 7) is 4.93. The molecule has 7 nitrogen and oxygen atoms in total. The van der Waals surface area contributed by atoms with Crippen molar-refractivity contribution >= 4 is 11.7 Å². The average molecular weight is 406 g/mol. The maximum atomic E-state index is 12.6. The van der Waals surface area contributed by atoms with Crippen molar-refractivity contribution in [2.24, 2.45) is 0 Å². The van der Waals surface area contributed by atoms with Gasteiger partial charge in [-0.3, -0.25) is 4.79 Å². The fraction of sp³-hybridized carbons (Fsp3) is 0.391. The predicted molar refractivity (Wildman–Crippen MR) is 115 cm³/mol. The summed E-state index contributed by atoms with van der Waals surface area (Å²) >= 11 is 0. The van der Waals surface area contributed by atoms with Crippen molar-refractivity contribution in [3.05, 3.63) is 60.1 Å². The van der Waals surface area contributed by atoms with E-state index >= 15 is 0 Å². The SMILES string of the molecule is CCCc1nnc(-c2cccnc2N2CCN(C(=O)CCc3ccccc3)CC2)o1. The van der Waals surface area contributed by atoms with Gasteiger partial charge in [0, 0.05) is 45.2 Å². The number of benzene rings is 1. The summed E-state index contributed by atoms with van der Waals surface area (Å²) in [5.41, 5.74) is 2.04. The maximum absolute atomic E-state index is 12.6. The second-order valence-corrected chi connectivity index (χ2v) is 7.48. The van der Waals surface area contributed by atoms with E-state index in [4.69, 9.17) is 4.42 Å². The van der Waals surface area contributed by atoms with Crippen molar-refractivity contribution in [1.82, 2.24) is 20.1 Å². The van der Waals surface area contributed by atoms with Crippen LogP contribution in [0.4, 0.5) is 5.82 Å². The van der Waals surface area contributed by atoms with Crippen LogP contribution >= 0.6 is 0 Å². The lowest BCUT2D eigenvalue weighted by Gasteiger charge is -2.36. The first kappa shape index (κ1) is 20.1. The first-order valence-corrected chi connectivity index (χ1v) is 10.6. The molecule has 7 heteroatoms. The number of pyridine rings is 1. The molecule has 4 rings (SSSR count). The smallest absolute Gasteiger partial charge is 0.251 e. The fourth-order valence-corrected chi connectivity index (χ4v) is 3.71. The maximum Gasteiger partial charge on any atom is 0.251 e. The molecule has 0 spiro atoms. The number of carbonyl (C=O) groups is 1. The number of hydrogen-bond acceptors (Lipinski definition) is 6. The number of anilines is 1. The number of carbonyl (C=O) groups excluding carboxylic acids is 1. The number of piperazine rings is 1. The molecule has 156 valence electrons. The van der Waals surface area contributed by atoms with E-state index in [0.717, 1.165) is 43.7 Å². The quantitative estimate of drug-likeness (QED) is 0.600. The minimum absolute atomic E-state index is 0.209. The Kier molecular flexibility index (Phi) is 6.37. The zero-order chi connectivity index (χ0) is 20.8. The molecule has 1 fully saturated rings. The van der Waals surface area contributed by atoms with Crippen LogP contribution in [0.1, 0.15) is 31.2 Å². The van der Waals surface area contributed by atoms with Crippen LogP contribution in [0.3, 0.4) is 0 Å². The highest BCUT2D eigenvalue weighted by Crippen LogP contribution is 2.28. The molecule has 30 heavy (non-hydrogen) atoms. The molecule has 3 aromatic rings. The van der Waals surface area contributed by atoms with Crippen molar-refractivity contribution in [2.75, 3.05) is 31.1 Å². The molecular weight excluding hydrogens is 378 g/mol. The zero-order valence-corrected chi connectivity index (χ0v) is 17.3. The minimum atomic E-state index is 0.209. The van der Waals surface area contributed by atoms with E-state index < -0.39 is 0 Å². The Hall–Kier alpha value is -3.22. The van der Waals surface area contributed by atoms with Gasteiger partial charge in [0.05, 0.1) is 5.56 Å². The lowest BCUT2D eigenvalue weighted by molar-refractivity contribution is -0.131. The van der Waals surface area contributed by atoms with Crippen LogP contribution in [-0.2, 0) is 17.6 Å². The number of hydrogen-bond donors (Lipinski definition) is 0. The van der Waals surface area contributed by atoms with E-state index in [1.54, 1.807) is 6.20 Å². The van der Waals surface area contributed by atoms with Gasteiger partial charge in [-0.2, -0.15) is 0 Å². The van der Waals surface area contributed by atoms with Gasteiger partial charge in [0.25, 0.3) is 5.89 Å². The lowest BCUT2D eigenvalue weighted by Crippen LogP contribution is -2.49. The Bertz CT molecular complexity index is 964. The predicted octanol–water partition coefficient (Wildman–Crippen LogP) is 3.37. The minimum Gasteiger partial charge on any atom is -0.421 e. The van der Waals surface area contributed by atoms with Crippen molar-refractivity contribution < 1.29 is 9.21 Å². The highest BCUT2D eigenvalue weighted by Gasteiger charge is 2.24. The second-order valence-electron chi connectivity index (χ2n) is 7.48. The van der Waals surface area contributed by atoms with Gasteiger partial charge >= 0.3 is 0 Å². The summed E-state index contributed by atoms with van der Waals surface area (Å²) in [6, 6.07) is 14.0. The number of nitrogens with zero attached hydrogens (tertiary/aromatic N) is 5. The molecule has 0 unspecified atom stereocenters. The molecule has 1 aliphatic heterocycles. The van der Waals surface area contributed by atoms with Gasteiger partial charge < -0.3 is 14.2 Å². The van der Waals surface area contributed by atoms with Crippen molar-refractivity contribution in [2.45, 2.75) is 32.6 Å². The summed E-state index contributed by atoms with van der Waals surface area (Å²) < 4.78 is 5.82. The van der Waals surface area contributed by atoms with Crippen LogP contribution in [0.15, 0.2) is 53.1 Å².